The summed E-state index contributed by atoms with van der Waals surface area (Å²) in [5.41, 5.74) is 2.68. The summed E-state index contributed by atoms with van der Waals surface area (Å²) < 4.78 is 0. The summed E-state index contributed by atoms with van der Waals surface area (Å²) in [4.78, 5) is 16.7. The molecule has 1 heterocycles. The van der Waals surface area contributed by atoms with Gasteiger partial charge in [0.2, 0.25) is 0 Å². The van der Waals surface area contributed by atoms with Crippen LogP contribution >= 0.6 is 0 Å². The lowest BCUT2D eigenvalue weighted by molar-refractivity contribution is 0.0964. The first-order valence-electron chi connectivity index (χ1n) is 7.57. The first-order valence-corrected chi connectivity index (χ1v) is 7.57. The van der Waals surface area contributed by atoms with Crippen LogP contribution in [0.25, 0.3) is 10.9 Å². The molecule has 3 nitrogen and oxygen atoms in total. The minimum atomic E-state index is -0.0700. The largest absolute Gasteiger partial charge is 0.355 e. The van der Waals surface area contributed by atoms with Crippen LogP contribution < -0.4 is 5.32 Å². The second-order valence-corrected chi connectivity index (χ2v) is 6.20. The molecule has 0 unspecified atom stereocenters. The number of aromatic nitrogens is 1. The van der Waals surface area contributed by atoms with Crippen molar-refractivity contribution in [2.75, 3.05) is 7.05 Å². The van der Waals surface area contributed by atoms with Crippen LogP contribution in [-0.4, -0.2) is 17.9 Å². The molecule has 1 N–H and O–H groups in total. The van der Waals surface area contributed by atoms with Crippen LogP contribution in [0.2, 0.25) is 0 Å². The van der Waals surface area contributed by atoms with Crippen molar-refractivity contribution in [3.8, 4) is 0 Å². The van der Waals surface area contributed by atoms with Gasteiger partial charge in [-0.05, 0) is 30.0 Å². The van der Waals surface area contributed by atoms with Gasteiger partial charge < -0.3 is 5.32 Å². The number of nitrogens with zero attached hydrogens (tertiary/aromatic N) is 1. The van der Waals surface area contributed by atoms with E-state index in [0.717, 1.165) is 16.6 Å². The van der Waals surface area contributed by atoms with E-state index in [1.165, 1.54) is 0 Å². The molecule has 2 aromatic rings. The molecule has 0 fully saturated rings. The molecule has 0 saturated carbocycles. The molecule has 0 aliphatic heterocycles. The average molecular weight is 284 g/mol. The predicted molar refractivity (Wildman–Crippen MR) is 87.6 cm³/mol. The monoisotopic (exact) mass is 284 g/mol. The van der Waals surface area contributed by atoms with E-state index in [9.17, 15) is 4.79 Å². The van der Waals surface area contributed by atoms with Gasteiger partial charge >= 0.3 is 0 Å². The molecule has 112 valence electrons. The molecule has 1 amide bonds. The molecule has 0 aliphatic carbocycles. The Morgan fingerprint density at radius 2 is 1.71 bits per heavy atom. The Balaban J connectivity index is 2.55. The number of hydrogen-bond donors (Lipinski definition) is 1. The van der Waals surface area contributed by atoms with Crippen molar-refractivity contribution < 1.29 is 4.79 Å². The summed E-state index contributed by atoms with van der Waals surface area (Å²) in [5.74, 6) is 1.44. The minimum Gasteiger partial charge on any atom is -0.355 e. The standard InChI is InChI=1S/C18H24N2O/c1-11(2)17(12(3)4)16-10-9-13-14(18(21)19-5)7-6-8-15(13)20-16/h6-12,17H,1-5H3,(H,19,21). The third-order valence-electron chi connectivity index (χ3n) is 4.00. The number of amides is 1. The molecule has 21 heavy (non-hydrogen) atoms. The molecule has 2 rings (SSSR count). The molecule has 0 saturated heterocycles. The maximum atomic E-state index is 11.9. The number of nitrogens with one attached hydrogen (secondary N) is 1. The van der Waals surface area contributed by atoms with E-state index in [1.807, 2.05) is 24.3 Å². The van der Waals surface area contributed by atoms with Crippen molar-refractivity contribution in [1.82, 2.24) is 10.3 Å². The van der Waals surface area contributed by atoms with Crippen LogP contribution in [0, 0.1) is 11.8 Å². The molecular weight excluding hydrogens is 260 g/mol. The zero-order valence-corrected chi connectivity index (χ0v) is 13.5. The summed E-state index contributed by atoms with van der Waals surface area (Å²) in [6.45, 7) is 8.93. The van der Waals surface area contributed by atoms with Gasteiger partial charge in [0.1, 0.15) is 0 Å². The normalized spacial score (nSPS) is 11.6. The number of fused-ring (bicyclic) bond motifs is 1. The molecule has 1 aromatic heterocycles. The summed E-state index contributed by atoms with van der Waals surface area (Å²) in [6, 6.07) is 9.80. The van der Waals surface area contributed by atoms with Gasteiger partial charge in [-0.3, -0.25) is 9.78 Å². The van der Waals surface area contributed by atoms with E-state index in [0.29, 0.717) is 23.3 Å². The van der Waals surface area contributed by atoms with E-state index in [2.05, 4.69) is 39.1 Å². The fraction of sp³-hybridized carbons (Fsp3) is 0.444. The third-order valence-corrected chi connectivity index (χ3v) is 4.00. The highest BCUT2D eigenvalue weighted by atomic mass is 16.1. The summed E-state index contributed by atoms with van der Waals surface area (Å²) in [7, 11) is 1.65. The molecule has 0 radical (unpaired) electrons. The minimum absolute atomic E-state index is 0.0700. The van der Waals surface area contributed by atoms with E-state index < -0.39 is 0 Å². The van der Waals surface area contributed by atoms with Crippen molar-refractivity contribution in [3.05, 3.63) is 41.6 Å². The predicted octanol–water partition coefficient (Wildman–Crippen LogP) is 3.99. The van der Waals surface area contributed by atoms with Gasteiger partial charge in [-0.2, -0.15) is 0 Å². The number of carbonyl (C=O) groups is 1. The van der Waals surface area contributed by atoms with Gasteiger partial charge in [0.05, 0.1) is 5.52 Å². The van der Waals surface area contributed by atoms with Crippen molar-refractivity contribution in [1.29, 1.82) is 0 Å². The maximum Gasteiger partial charge on any atom is 0.251 e. The molecular formula is C18H24N2O. The lowest BCUT2D eigenvalue weighted by Gasteiger charge is -2.24. The zero-order chi connectivity index (χ0) is 15.6. The van der Waals surface area contributed by atoms with Crippen LogP contribution in [-0.2, 0) is 0 Å². The summed E-state index contributed by atoms with van der Waals surface area (Å²) in [5, 5.41) is 3.59. The molecule has 0 atom stereocenters. The molecule has 0 bridgehead atoms. The van der Waals surface area contributed by atoms with Crippen LogP contribution in [0.1, 0.15) is 49.7 Å². The first-order chi connectivity index (χ1) is 9.95. The lowest BCUT2D eigenvalue weighted by Crippen LogP contribution is -2.18. The van der Waals surface area contributed by atoms with Gasteiger partial charge in [-0.1, -0.05) is 39.8 Å². The summed E-state index contributed by atoms with van der Waals surface area (Å²) in [6.07, 6.45) is 0. The van der Waals surface area contributed by atoms with Crippen LogP contribution in [0.5, 0.6) is 0 Å². The number of carbonyl (C=O) groups excluding carboxylic acids is 1. The highest BCUT2D eigenvalue weighted by molar-refractivity contribution is 6.06. The molecule has 0 spiro atoms. The van der Waals surface area contributed by atoms with Crippen LogP contribution in [0.15, 0.2) is 30.3 Å². The third kappa shape index (κ3) is 3.07. The van der Waals surface area contributed by atoms with Crippen molar-refractivity contribution in [3.63, 3.8) is 0 Å². The second kappa shape index (κ2) is 6.25. The van der Waals surface area contributed by atoms with E-state index in [-0.39, 0.29) is 5.91 Å². The molecule has 0 aliphatic rings. The second-order valence-electron chi connectivity index (χ2n) is 6.20. The Morgan fingerprint density at radius 3 is 2.29 bits per heavy atom. The topological polar surface area (TPSA) is 42.0 Å². The SMILES string of the molecule is CNC(=O)c1cccc2nc(C(C(C)C)C(C)C)ccc12. The first kappa shape index (κ1) is 15.5. The van der Waals surface area contributed by atoms with E-state index >= 15 is 0 Å². The Bertz CT molecular complexity index is 639. The summed E-state index contributed by atoms with van der Waals surface area (Å²) >= 11 is 0. The smallest absolute Gasteiger partial charge is 0.251 e. The van der Waals surface area contributed by atoms with Gasteiger partial charge in [0, 0.05) is 29.6 Å². The fourth-order valence-electron chi connectivity index (χ4n) is 3.14. The van der Waals surface area contributed by atoms with Crippen molar-refractivity contribution in [2.24, 2.45) is 11.8 Å². The molecule has 1 aromatic carbocycles. The number of rotatable bonds is 4. The van der Waals surface area contributed by atoms with Gasteiger partial charge in [0.25, 0.3) is 5.91 Å². The number of hydrogen-bond acceptors (Lipinski definition) is 2. The van der Waals surface area contributed by atoms with Crippen LogP contribution in [0.4, 0.5) is 0 Å². The Kier molecular flexibility index (Phi) is 4.61. The number of pyridine rings is 1. The zero-order valence-electron chi connectivity index (χ0n) is 13.5. The Hall–Kier alpha value is -1.90. The average Bonchev–Trinajstić information content (AvgIpc) is 2.44. The fourth-order valence-corrected chi connectivity index (χ4v) is 3.14. The van der Waals surface area contributed by atoms with Crippen LogP contribution in [0.3, 0.4) is 0 Å². The number of benzene rings is 1. The van der Waals surface area contributed by atoms with E-state index in [1.54, 1.807) is 7.05 Å². The highest BCUT2D eigenvalue weighted by Gasteiger charge is 2.21. The van der Waals surface area contributed by atoms with Gasteiger partial charge in [0.15, 0.2) is 0 Å². The lowest BCUT2D eigenvalue weighted by atomic mass is 9.82. The molecule has 3 heteroatoms. The van der Waals surface area contributed by atoms with Crippen molar-refractivity contribution >= 4 is 16.8 Å². The van der Waals surface area contributed by atoms with Gasteiger partial charge in [-0.25, -0.2) is 0 Å². The Labute approximate surface area is 126 Å². The Morgan fingerprint density at radius 1 is 1.05 bits per heavy atom. The van der Waals surface area contributed by atoms with Crippen molar-refractivity contribution in [2.45, 2.75) is 33.6 Å². The van der Waals surface area contributed by atoms with Gasteiger partial charge in [-0.15, -0.1) is 0 Å². The maximum absolute atomic E-state index is 11.9. The van der Waals surface area contributed by atoms with E-state index in [4.69, 9.17) is 4.98 Å². The highest BCUT2D eigenvalue weighted by Crippen LogP contribution is 2.32. The quantitative estimate of drug-likeness (QED) is 0.922.